The molecule has 1 aliphatic rings. The highest BCUT2D eigenvalue weighted by molar-refractivity contribution is 7.15. The van der Waals surface area contributed by atoms with Gasteiger partial charge in [0.05, 0.1) is 16.5 Å². The summed E-state index contributed by atoms with van der Waals surface area (Å²) < 4.78 is 0. The average molecular weight is 484 g/mol. The molecule has 1 aliphatic heterocycles. The first kappa shape index (κ1) is 22.9. The molecule has 1 saturated heterocycles. The molecule has 3 amide bonds. The highest BCUT2D eigenvalue weighted by atomic mass is 35.5. The molecule has 4 rings (SSSR count). The Labute approximate surface area is 200 Å². The number of carbonyl (C=O) groups excluding carboxylic acids is 3. The maximum absolute atomic E-state index is 12.7. The summed E-state index contributed by atoms with van der Waals surface area (Å²) in [7, 11) is 0. The second-order valence-corrected chi connectivity index (χ2v) is 9.19. The Morgan fingerprint density at radius 2 is 1.91 bits per heavy atom. The number of hydrogen-bond acceptors (Lipinski definition) is 6. The molecule has 0 saturated carbocycles. The predicted molar refractivity (Wildman–Crippen MR) is 128 cm³/mol. The van der Waals surface area contributed by atoms with Crippen molar-refractivity contribution in [2.75, 3.05) is 23.3 Å². The summed E-state index contributed by atoms with van der Waals surface area (Å²) in [6.45, 7) is 2.66. The van der Waals surface area contributed by atoms with Gasteiger partial charge >= 0.3 is 0 Å². The maximum atomic E-state index is 12.7. The number of nitrogens with zero attached hydrogens (tertiary/aromatic N) is 3. The Balaban J connectivity index is 1.27. The van der Waals surface area contributed by atoms with Crippen molar-refractivity contribution >= 4 is 51.5 Å². The van der Waals surface area contributed by atoms with E-state index in [0.29, 0.717) is 40.2 Å². The van der Waals surface area contributed by atoms with Gasteiger partial charge in [-0.2, -0.15) is 0 Å². The van der Waals surface area contributed by atoms with Gasteiger partial charge in [-0.3, -0.25) is 14.4 Å². The molecule has 0 aliphatic carbocycles. The second kappa shape index (κ2) is 10.1. The molecule has 1 atom stereocenters. The topological polar surface area (TPSA) is 104 Å². The molecule has 2 N–H and O–H groups in total. The molecular formula is C23H22ClN5O3S. The van der Waals surface area contributed by atoms with Gasteiger partial charge in [0.2, 0.25) is 16.9 Å². The third-order valence-electron chi connectivity index (χ3n) is 5.28. The van der Waals surface area contributed by atoms with E-state index in [2.05, 4.69) is 20.8 Å². The summed E-state index contributed by atoms with van der Waals surface area (Å²) in [5, 5.41) is 15.1. The van der Waals surface area contributed by atoms with Crippen LogP contribution in [0.1, 0.15) is 27.3 Å². The third kappa shape index (κ3) is 5.55. The number of halogens is 1. The Hall–Kier alpha value is -3.30. The van der Waals surface area contributed by atoms with Crippen molar-refractivity contribution in [3.63, 3.8) is 0 Å². The zero-order valence-electron chi connectivity index (χ0n) is 17.9. The minimum Gasteiger partial charge on any atom is -0.352 e. The van der Waals surface area contributed by atoms with E-state index in [1.54, 1.807) is 29.2 Å². The smallest absolute Gasteiger partial charge is 0.252 e. The first-order valence-electron chi connectivity index (χ1n) is 10.4. The monoisotopic (exact) mass is 483 g/mol. The molecule has 2 heterocycles. The van der Waals surface area contributed by atoms with Crippen molar-refractivity contribution in [2.45, 2.75) is 19.8 Å². The molecule has 0 radical (unpaired) electrons. The Morgan fingerprint density at radius 1 is 1.15 bits per heavy atom. The van der Waals surface area contributed by atoms with Crippen molar-refractivity contribution < 1.29 is 14.4 Å². The SMILES string of the molecule is Cc1ccc(N2CC(C(=O)Nc3nnc(CCNC(=O)c4ccccc4Cl)s3)CC2=O)cc1. The number of aryl methyl sites for hydroxylation is 1. The Bertz CT molecular complexity index is 1180. The number of hydrogen-bond donors (Lipinski definition) is 2. The van der Waals surface area contributed by atoms with Crippen LogP contribution in [-0.4, -0.2) is 41.0 Å². The summed E-state index contributed by atoms with van der Waals surface area (Å²) >= 11 is 7.27. The van der Waals surface area contributed by atoms with Gasteiger partial charge in [-0.15, -0.1) is 10.2 Å². The highest BCUT2D eigenvalue weighted by Crippen LogP contribution is 2.27. The summed E-state index contributed by atoms with van der Waals surface area (Å²) in [6, 6.07) is 14.5. The van der Waals surface area contributed by atoms with Crippen LogP contribution in [0.3, 0.4) is 0 Å². The van der Waals surface area contributed by atoms with Crippen molar-refractivity contribution in [3.05, 3.63) is 69.7 Å². The van der Waals surface area contributed by atoms with Crippen LogP contribution in [0.5, 0.6) is 0 Å². The molecule has 8 nitrogen and oxygen atoms in total. The fourth-order valence-electron chi connectivity index (χ4n) is 3.49. The minimum atomic E-state index is -0.457. The van der Waals surface area contributed by atoms with E-state index in [-0.39, 0.29) is 24.1 Å². The average Bonchev–Trinajstić information content (AvgIpc) is 3.41. The quantitative estimate of drug-likeness (QED) is 0.535. The molecule has 1 unspecified atom stereocenters. The third-order valence-corrected chi connectivity index (χ3v) is 6.51. The van der Waals surface area contributed by atoms with Gasteiger partial charge in [-0.1, -0.05) is 52.8 Å². The molecule has 0 spiro atoms. The fraction of sp³-hybridized carbons (Fsp3) is 0.261. The van der Waals surface area contributed by atoms with E-state index >= 15 is 0 Å². The zero-order valence-corrected chi connectivity index (χ0v) is 19.4. The van der Waals surface area contributed by atoms with Crippen LogP contribution >= 0.6 is 22.9 Å². The standard InChI is InChI=1S/C23H22ClN5O3S/c1-14-6-8-16(9-7-14)29-13-15(12-20(29)30)21(31)26-23-28-27-19(33-23)10-11-25-22(32)17-4-2-3-5-18(17)24/h2-9,15H,10-13H2,1H3,(H,25,32)(H,26,28,31). The lowest BCUT2D eigenvalue weighted by Crippen LogP contribution is -2.28. The van der Waals surface area contributed by atoms with Gasteiger partial charge in [0.1, 0.15) is 5.01 Å². The van der Waals surface area contributed by atoms with Crippen molar-refractivity contribution in [2.24, 2.45) is 5.92 Å². The fourth-order valence-corrected chi connectivity index (χ4v) is 4.46. The molecule has 1 fully saturated rings. The van der Waals surface area contributed by atoms with Crippen LogP contribution in [0.15, 0.2) is 48.5 Å². The molecule has 2 aromatic carbocycles. The molecule has 0 bridgehead atoms. The van der Waals surface area contributed by atoms with E-state index in [1.807, 2.05) is 31.2 Å². The maximum Gasteiger partial charge on any atom is 0.252 e. The lowest BCUT2D eigenvalue weighted by Gasteiger charge is -2.16. The van der Waals surface area contributed by atoms with E-state index in [9.17, 15) is 14.4 Å². The Kier molecular flexibility index (Phi) is 7.00. The van der Waals surface area contributed by atoms with Gasteiger partial charge in [0, 0.05) is 31.6 Å². The van der Waals surface area contributed by atoms with E-state index in [4.69, 9.17) is 11.6 Å². The first-order chi connectivity index (χ1) is 15.9. The lowest BCUT2D eigenvalue weighted by molar-refractivity contribution is -0.122. The number of rotatable bonds is 7. The van der Waals surface area contributed by atoms with Crippen molar-refractivity contribution in [1.29, 1.82) is 0 Å². The van der Waals surface area contributed by atoms with Gasteiger partial charge in [0.15, 0.2) is 0 Å². The molecule has 33 heavy (non-hydrogen) atoms. The van der Waals surface area contributed by atoms with Gasteiger partial charge in [-0.25, -0.2) is 0 Å². The number of aromatic nitrogens is 2. The summed E-state index contributed by atoms with van der Waals surface area (Å²) in [5.41, 5.74) is 2.31. The van der Waals surface area contributed by atoms with Gasteiger partial charge in [-0.05, 0) is 31.2 Å². The van der Waals surface area contributed by atoms with Crippen LogP contribution in [-0.2, 0) is 16.0 Å². The van der Waals surface area contributed by atoms with Crippen molar-refractivity contribution in [3.8, 4) is 0 Å². The van der Waals surface area contributed by atoms with Crippen LogP contribution in [0.2, 0.25) is 5.02 Å². The number of carbonyl (C=O) groups is 3. The van der Waals surface area contributed by atoms with E-state index in [0.717, 1.165) is 11.3 Å². The van der Waals surface area contributed by atoms with Crippen LogP contribution < -0.4 is 15.5 Å². The molecule has 3 aromatic rings. The first-order valence-corrected chi connectivity index (χ1v) is 11.6. The van der Waals surface area contributed by atoms with Crippen molar-refractivity contribution in [1.82, 2.24) is 15.5 Å². The van der Waals surface area contributed by atoms with Crippen LogP contribution in [0, 0.1) is 12.8 Å². The van der Waals surface area contributed by atoms with Gasteiger partial charge in [0.25, 0.3) is 5.91 Å². The van der Waals surface area contributed by atoms with Gasteiger partial charge < -0.3 is 15.5 Å². The molecule has 170 valence electrons. The number of anilines is 2. The largest absolute Gasteiger partial charge is 0.352 e. The number of nitrogens with one attached hydrogen (secondary N) is 2. The summed E-state index contributed by atoms with van der Waals surface area (Å²) in [6.07, 6.45) is 0.617. The number of benzene rings is 2. The molecule has 10 heteroatoms. The lowest BCUT2D eigenvalue weighted by atomic mass is 10.1. The molecule has 1 aromatic heterocycles. The Morgan fingerprint density at radius 3 is 2.67 bits per heavy atom. The highest BCUT2D eigenvalue weighted by Gasteiger charge is 2.35. The van der Waals surface area contributed by atoms with Crippen LogP contribution in [0.4, 0.5) is 10.8 Å². The molecular weight excluding hydrogens is 462 g/mol. The summed E-state index contributed by atoms with van der Waals surface area (Å²) in [5.74, 6) is -1.05. The number of amides is 3. The van der Waals surface area contributed by atoms with Crippen LogP contribution in [0.25, 0.3) is 0 Å². The normalized spacial score (nSPS) is 15.5. The van der Waals surface area contributed by atoms with E-state index < -0.39 is 5.92 Å². The zero-order chi connectivity index (χ0) is 23.4. The van der Waals surface area contributed by atoms with E-state index in [1.165, 1.54) is 11.3 Å². The summed E-state index contributed by atoms with van der Waals surface area (Å²) in [4.78, 5) is 38.9. The minimum absolute atomic E-state index is 0.0776. The second-order valence-electron chi connectivity index (χ2n) is 7.72. The predicted octanol–water partition coefficient (Wildman–Crippen LogP) is 3.46.